The lowest BCUT2D eigenvalue weighted by atomic mass is 10.1. The minimum Gasteiger partial charge on any atom is -0.495 e. The summed E-state index contributed by atoms with van der Waals surface area (Å²) in [6.07, 6.45) is 0. The number of carboxylic acid groups (broad SMARTS) is 1. The van der Waals surface area contributed by atoms with Crippen LogP contribution in [0.3, 0.4) is 0 Å². The van der Waals surface area contributed by atoms with Gasteiger partial charge in [-0.3, -0.25) is 9.59 Å². The number of carboxylic acids is 1. The molecule has 22 heavy (non-hydrogen) atoms. The zero-order valence-electron chi connectivity index (χ0n) is 12.8. The van der Waals surface area contributed by atoms with Crippen molar-refractivity contribution in [2.45, 2.75) is 13.8 Å². The fraction of sp³-hybridized carbons (Fsp3) is 0.467. The van der Waals surface area contributed by atoms with Gasteiger partial charge in [-0.1, -0.05) is 13.8 Å². The summed E-state index contributed by atoms with van der Waals surface area (Å²) in [7, 11) is 3.02. The molecule has 1 aliphatic rings. The van der Waals surface area contributed by atoms with Crippen LogP contribution in [-0.4, -0.2) is 31.2 Å². The molecule has 7 heteroatoms. The van der Waals surface area contributed by atoms with Crippen molar-refractivity contribution < 1.29 is 24.2 Å². The number of anilines is 1. The average molecular weight is 372 g/mol. The number of rotatable bonds is 5. The standard InChI is InChI=1S/C15H18BrNO5/c1-15(2)10(11(15)14(19)20)13(18)17-7-5-8(21-3)12(16)9(6-7)22-4/h5-6,10-11H,1-4H3,(H,17,18)(H,19,20)/t10-,11+/m0/s1. The third kappa shape index (κ3) is 2.77. The molecule has 2 atom stereocenters. The minimum atomic E-state index is -0.948. The van der Waals surface area contributed by atoms with Gasteiger partial charge in [0.2, 0.25) is 5.91 Å². The van der Waals surface area contributed by atoms with E-state index in [9.17, 15) is 9.59 Å². The van der Waals surface area contributed by atoms with Crippen LogP contribution in [0.4, 0.5) is 5.69 Å². The predicted molar refractivity (Wildman–Crippen MR) is 84.3 cm³/mol. The van der Waals surface area contributed by atoms with E-state index in [2.05, 4.69) is 21.2 Å². The number of benzene rings is 1. The number of carbonyl (C=O) groups is 2. The lowest BCUT2D eigenvalue weighted by Gasteiger charge is -2.12. The smallest absolute Gasteiger partial charge is 0.307 e. The molecule has 1 saturated carbocycles. The highest BCUT2D eigenvalue weighted by Crippen LogP contribution is 2.58. The first-order valence-corrected chi connectivity index (χ1v) is 7.48. The normalized spacial score (nSPS) is 21.9. The number of amides is 1. The summed E-state index contributed by atoms with van der Waals surface area (Å²) in [5.74, 6) is -1.45. The van der Waals surface area contributed by atoms with Gasteiger partial charge < -0.3 is 19.9 Å². The number of methoxy groups -OCH3 is 2. The molecule has 1 aromatic carbocycles. The second-order valence-corrected chi connectivity index (χ2v) is 6.59. The largest absolute Gasteiger partial charge is 0.495 e. The number of hydrogen-bond acceptors (Lipinski definition) is 4. The van der Waals surface area contributed by atoms with Gasteiger partial charge in [-0.05, 0) is 21.3 Å². The van der Waals surface area contributed by atoms with Crippen molar-refractivity contribution in [1.82, 2.24) is 0 Å². The molecule has 1 aromatic rings. The van der Waals surface area contributed by atoms with Crippen molar-refractivity contribution in [2.75, 3.05) is 19.5 Å². The molecule has 0 heterocycles. The Morgan fingerprint density at radius 2 is 1.68 bits per heavy atom. The first-order chi connectivity index (χ1) is 10.2. The number of hydrogen-bond donors (Lipinski definition) is 2. The van der Waals surface area contributed by atoms with Gasteiger partial charge in [-0.15, -0.1) is 0 Å². The van der Waals surface area contributed by atoms with Crippen LogP contribution in [0, 0.1) is 17.3 Å². The summed E-state index contributed by atoms with van der Waals surface area (Å²) in [5.41, 5.74) is -0.0480. The van der Waals surface area contributed by atoms with E-state index in [4.69, 9.17) is 14.6 Å². The van der Waals surface area contributed by atoms with Gasteiger partial charge in [0.25, 0.3) is 0 Å². The van der Waals surface area contributed by atoms with Crippen LogP contribution < -0.4 is 14.8 Å². The molecule has 0 aliphatic heterocycles. The molecule has 1 aliphatic carbocycles. The maximum atomic E-state index is 12.3. The van der Waals surface area contributed by atoms with E-state index in [1.54, 1.807) is 26.0 Å². The fourth-order valence-corrected chi connectivity index (χ4v) is 3.30. The Labute approximate surface area is 136 Å². The van der Waals surface area contributed by atoms with Gasteiger partial charge in [-0.2, -0.15) is 0 Å². The minimum absolute atomic E-state index is 0.316. The Morgan fingerprint density at radius 1 is 1.18 bits per heavy atom. The summed E-state index contributed by atoms with van der Waals surface area (Å²) in [6, 6.07) is 3.30. The maximum absolute atomic E-state index is 12.3. The molecule has 0 unspecified atom stereocenters. The molecular weight excluding hydrogens is 354 g/mol. The van der Waals surface area contributed by atoms with E-state index >= 15 is 0 Å². The number of carbonyl (C=O) groups excluding carboxylic acids is 1. The zero-order chi connectivity index (χ0) is 16.7. The quantitative estimate of drug-likeness (QED) is 0.830. The molecular formula is C15H18BrNO5. The summed E-state index contributed by atoms with van der Waals surface area (Å²) < 4.78 is 11.1. The Kier molecular flexibility index (Phi) is 4.37. The van der Waals surface area contributed by atoms with Gasteiger partial charge in [0.05, 0.1) is 26.1 Å². The second-order valence-electron chi connectivity index (χ2n) is 5.80. The van der Waals surface area contributed by atoms with E-state index in [0.717, 1.165) is 0 Å². The highest BCUT2D eigenvalue weighted by atomic mass is 79.9. The molecule has 0 bridgehead atoms. The van der Waals surface area contributed by atoms with E-state index in [1.807, 2.05) is 0 Å². The molecule has 0 aromatic heterocycles. The third-order valence-corrected chi connectivity index (χ3v) is 4.87. The maximum Gasteiger partial charge on any atom is 0.307 e. The van der Waals surface area contributed by atoms with E-state index < -0.39 is 23.2 Å². The molecule has 0 radical (unpaired) electrons. The van der Waals surface area contributed by atoms with Crippen LogP contribution in [-0.2, 0) is 9.59 Å². The number of ether oxygens (including phenoxy) is 2. The summed E-state index contributed by atoms with van der Waals surface area (Å²) >= 11 is 3.35. The summed E-state index contributed by atoms with van der Waals surface area (Å²) in [6.45, 7) is 3.55. The fourth-order valence-electron chi connectivity index (χ4n) is 2.75. The lowest BCUT2D eigenvalue weighted by molar-refractivity contribution is -0.140. The van der Waals surface area contributed by atoms with Gasteiger partial charge >= 0.3 is 5.97 Å². The molecule has 120 valence electrons. The van der Waals surface area contributed by atoms with Gasteiger partial charge in [0.15, 0.2) is 0 Å². The Morgan fingerprint density at radius 3 is 2.05 bits per heavy atom. The van der Waals surface area contributed by atoms with Crippen LogP contribution in [0.15, 0.2) is 16.6 Å². The monoisotopic (exact) mass is 371 g/mol. The van der Waals surface area contributed by atoms with Crippen LogP contribution in [0.25, 0.3) is 0 Å². The van der Waals surface area contributed by atoms with Gasteiger partial charge in [0.1, 0.15) is 16.0 Å². The molecule has 1 amide bonds. The first kappa shape index (κ1) is 16.6. The third-order valence-electron chi connectivity index (χ3n) is 4.09. The van der Waals surface area contributed by atoms with Crippen molar-refractivity contribution in [2.24, 2.45) is 17.3 Å². The van der Waals surface area contributed by atoms with Crippen molar-refractivity contribution in [3.63, 3.8) is 0 Å². The van der Waals surface area contributed by atoms with Crippen molar-refractivity contribution >= 4 is 33.5 Å². The van der Waals surface area contributed by atoms with Crippen LogP contribution in [0.2, 0.25) is 0 Å². The van der Waals surface area contributed by atoms with E-state index in [1.165, 1.54) is 14.2 Å². The molecule has 0 spiro atoms. The molecule has 0 saturated heterocycles. The van der Waals surface area contributed by atoms with Crippen molar-refractivity contribution in [3.8, 4) is 11.5 Å². The van der Waals surface area contributed by atoms with Crippen molar-refractivity contribution in [3.05, 3.63) is 16.6 Å². The number of nitrogens with one attached hydrogen (secondary N) is 1. The highest BCUT2D eigenvalue weighted by molar-refractivity contribution is 9.10. The Bertz CT molecular complexity index is 603. The van der Waals surface area contributed by atoms with E-state index in [-0.39, 0.29) is 5.91 Å². The van der Waals surface area contributed by atoms with Crippen LogP contribution in [0.5, 0.6) is 11.5 Å². The van der Waals surface area contributed by atoms with Crippen LogP contribution >= 0.6 is 15.9 Å². The topological polar surface area (TPSA) is 84.9 Å². The number of halogens is 1. The highest BCUT2D eigenvalue weighted by Gasteiger charge is 2.65. The summed E-state index contributed by atoms with van der Waals surface area (Å²) in [4.78, 5) is 23.5. The SMILES string of the molecule is COc1cc(NC(=O)[C@@H]2[C@H](C(=O)O)C2(C)C)cc(OC)c1Br. The molecule has 2 rings (SSSR count). The Balaban J connectivity index is 2.21. The molecule has 1 fully saturated rings. The predicted octanol–water partition coefficient (Wildman–Crippen LogP) is 2.76. The van der Waals surface area contributed by atoms with Gasteiger partial charge in [-0.25, -0.2) is 0 Å². The second kappa shape index (κ2) is 5.79. The first-order valence-electron chi connectivity index (χ1n) is 6.69. The number of aliphatic carboxylic acids is 1. The van der Waals surface area contributed by atoms with Crippen molar-refractivity contribution in [1.29, 1.82) is 0 Å². The Hall–Kier alpha value is -1.76. The zero-order valence-corrected chi connectivity index (χ0v) is 14.4. The molecule has 6 nitrogen and oxygen atoms in total. The van der Waals surface area contributed by atoms with Crippen LogP contribution in [0.1, 0.15) is 13.8 Å². The van der Waals surface area contributed by atoms with E-state index in [0.29, 0.717) is 21.7 Å². The average Bonchev–Trinajstić information content (AvgIpc) is 3.03. The molecule has 2 N–H and O–H groups in total. The lowest BCUT2D eigenvalue weighted by Crippen LogP contribution is -2.17. The summed E-state index contributed by atoms with van der Waals surface area (Å²) in [5, 5.41) is 11.9. The van der Waals surface area contributed by atoms with Gasteiger partial charge in [0, 0.05) is 17.8 Å².